The molecule has 0 aliphatic heterocycles. The molecule has 3 aromatic carbocycles. The van der Waals surface area contributed by atoms with E-state index in [1.807, 2.05) is 60.7 Å². The molecule has 4 rings (SSSR count). The van der Waals surface area contributed by atoms with Gasteiger partial charge in [-0.15, -0.1) is 0 Å². The van der Waals surface area contributed by atoms with E-state index in [9.17, 15) is 4.79 Å². The number of imidazole rings is 1. The molecule has 1 aromatic heterocycles. The third-order valence-electron chi connectivity index (χ3n) is 4.16. The summed E-state index contributed by atoms with van der Waals surface area (Å²) in [5, 5.41) is 2.91. The van der Waals surface area contributed by atoms with Gasteiger partial charge in [-0.3, -0.25) is 4.79 Å². The lowest BCUT2D eigenvalue weighted by Gasteiger charge is -2.06. The number of nitrogens with zero attached hydrogens (tertiary/aromatic N) is 1. The van der Waals surface area contributed by atoms with Crippen molar-refractivity contribution in [2.75, 3.05) is 5.32 Å². The van der Waals surface area contributed by atoms with Gasteiger partial charge in [0.15, 0.2) is 0 Å². The minimum absolute atomic E-state index is 0.127. The molecule has 0 aliphatic rings. The Hall–Kier alpha value is -2.67. The van der Waals surface area contributed by atoms with Gasteiger partial charge < -0.3 is 10.3 Å². The lowest BCUT2D eigenvalue weighted by Crippen LogP contribution is -2.11. The highest BCUT2D eigenvalue weighted by Gasteiger charge is 2.09. The van der Waals surface area contributed by atoms with Crippen LogP contribution in [0.4, 0.5) is 5.69 Å². The molecule has 128 valence electrons. The summed E-state index contributed by atoms with van der Waals surface area (Å²) in [4.78, 5) is 20.3. The van der Waals surface area contributed by atoms with Crippen molar-refractivity contribution in [3.63, 3.8) is 0 Å². The summed E-state index contributed by atoms with van der Waals surface area (Å²) in [7, 11) is 0. The minimum atomic E-state index is -0.127. The molecule has 0 saturated heterocycles. The number of rotatable bonds is 3. The fourth-order valence-electron chi connectivity index (χ4n) is 2.78. The molecule has 4 aromatic rings. The molecular formula is C21H16IN3O. The average molecular weight is 453 g/mol. The maximum atomic E-state index is 12.4. The summed E-state index contributed by atoms with van der Waals surface area (Å²) < 4.78 is 1.13. The molecule has 0 fully saturated rings. The molecule has 0 aliphatic carbocycles. The Balaban J connectivity index is 1.55. The lowest BCUT2D eigenvalue weighted by molar-refractivity contribution is 0.102. The standard InChI is InChI=1S/C21H16IN3O/c1-13-2-11-18-19(12-13)25-20(24-18)14-3-5-15(6-4-14)21(26)23-17-9-7-16(22)8-10-17/h2-12H,1H3,(H,23,26)(H,24,25). The number of anilines is 1. The SMILES string of the molecule is Cc1ccc2nc(-c3ccc(C(=O)Nc4ccc(I)cc4)cc3)[nH]c2c1. The van der Waals surface area contributed by atoms with Gasteiger partial charge in [0, 0.05) is 20.4 Å². The van der Waals surface area contributed by atoms with Crippen molar-refractivity contribution in [2.24, 2.45) is 0 Å². The Morgan fingerprint density at radius 2 is 1.73 bits per heavy atom. The number of fused-ring (bicyclic) bond motifs is 1. The quantitative estimate of drug-likeness (QED) is 0.409. The first-order chi connectivity index (χ1) is 12.6. The fraction of sp³-hybridized carbons (Fsp3) is 0.0476. The van der Waals surface area contributed by atoms with Crippen LogP contribution in [0.2, 0.25) is 0 Å². The van der Waals surface area contributed by atoms with E-state index in [2.05, 4.69) is 50.9 Å². The highest BCUT2D eigenvalue weighted by molar-refractivity contribution is 14.1. The molecule has 0 atom stereocenters. The summed E-state index contributed by atoms with van der Waals surface area (Å²) in [5.41, 5.74) is 5.48. The summed E-state index contributed by atoms with van der Waals surface area (Å²) >= 11 is 2.24. The normalized spacial score (nSPS) is 10.8. The van der Waals surface area contributed by atoms with Crippen molar-refractivity contribution in [1.29, 1.82) is 0 Å². The van der Waals surface area contributed by atoms with Gasteiger partial charge in [-0.25, -0.2) is 4.98 Å². The molecule has 4 nitrogen and oxygen atoms in total. The Labute approximate surface area is 164 Å². The topological polar surface area (TPSA) is 57.8 Å². The zero-order valence-corrected chi connectivity index (χ0v) is 16.2. The molecular weight excluding hydrogens is 437 g/mol. The molecule has 26 heavy (non-hydrogen) atoms. The van der Waals surface area contributed by atoms with E-state index in [1.165, 1.54) is 5.56 Å². The van der Waals surface area contributed by atoms with Crippen molar-refractivity contribution in [2.45, 2.75) is 6.92 Å². The number of nitrogens with one attached hydrogen (secondary N) is 2. The summed E-state index contributed by atoms with van der Waals surface area (Å²) in [6.07, 6.45) is 0. The summed E-state index contributed by atoms with van der Waals surface area (Å²) in [5.74, 6) is 0.674. The second-order valence-electron chi connectivity index (χ2n) is 6.14. The first-order valence-electron chi connectivity index (χ1n) is 8.22. The van der Waals surface area contributed by atoms with Gasteiger partial charge in [0.1, 0.15) is 5.82 Å². The second kappa shape index (κ2) is 6.92. The van der Waals surface area contributed by atoms with E-state index in [1.54, 1.807) is 0 Å². The van der Waals surface area contributed by atoms with Gasteiger partial charge in [0.25, 0.3) is 5.91 Å². The van der Waals surface area contributed by atoms with Crippen molar-refractivity contribution in [1.82, 2.24) is 9.97 Å². The van der Waals surface area contributed by atoms with Crippen LogP contribution in [0.5, 0.6) is 0 Å². The number of aromatic nitrogens is 2. The molecule has 2 N–H and O–H groups in total. The highest BCUT2D eigenvalue weighted by Crippen LogP contribution is 2.22. The fourth-order valence-corrected chi connectivity index (χ4v) is 3.14. The molecule has 0 spiro atoms. The number of carbonyl (C=O) groups is 1. The van der Waals surface area contributed by atoms with Crippen LogP contribution in [0.15, 0.2) is 66.7 Å². The predicted molar refractivity (Wildman–Crippen MR) is 113 cm³/mol. The minimum Gasteiger partial charge on any atom is -0.338 e. The molecule has 1 amide bonds. The number of hydrogen-bond donors (Lipinski definition) is 2. The number of carbonyl (C=O) groups excluding carboxylic acids is 1. The lowest BCUT2D eigenvalue weighted by atomic mass is 10.1. The third-order valence-corrected chi connectivity index (χ3v) is 4.88. The van der Waals surface area contributed by atoms with Gasteiger partial charge in [-0.05, 0) is 83.6 Å². The van der Waals surface area contributed by atoms with Crippen LogP contribution >= 0.6 is 22.6 Å². The van der Waals surface area contributed by atoms with Crippen LogP contribution in [0.3, 0.4) is 0 Å². The van der Waals surface area contributed by atoms with Crippen LogP contribution in [-0.4, -0.2) is 15.9 Å². The molecule has 1 heterocycles. The Kier molecular flexibility index (Phi) is 4.46. The summed E-state index contributed by atoms with van der Waals surface area (Å²) in [6, 6.07) is 21.3. The first kappa shape index (κ1) is 16.8. The van der Waals surface area contributed by atoms with Crippen molar-refractivity contribution >= 4 is 45.2 Å². The van der Waals surface area contributed by atoms with Gasteiger partial charge in [-0.1, -0.05) is 18.2 Å². The summed E-state index contributed by atoms with van der Waals surface area (Å²) in [6.45, 7) is 2.06. The number of H-pyrrole nitrogens is 1. The Bertz CT molecular complexity index is 1080. The Morgan fingerprint density at radius 3 is 2.46 bits per heavy atom. The van der Waals surface area contributed by atoms with Crippen molar-refractivity contribution in [3.05, 3.63) is 81.4 Å². The van der Waals surface area contributed by atoms with E-state index in [0.717, 1.165) is 31.7 Å². The van der Waals surface area contributed by atoms with Crippen LogP contribution in [0, 0.1) is 10.5 Å². The third kappa shape index (κ3) is 3.48. The number of benzene rings is 3. The van der Waals surface area contributed by atoms with E-state index < -0.39 is 0 Å². The van der Waals surface area contributed by atoms with Crippen LogP contribution in [-0.2, 0) is 0 Å². The maximum absolute atomic E-state index is 12.4. The molecule has 0 radical (unpaired) electrons. The monoisotopic (exact) mass is 453 g/mol. The zero-order valence-electron chi connectivity index (χ0n) is 14.1. The Morgan fingerprint density at radius 1 is 1.00 bits per heavy atom. The average Bonchev–Trinajstić information content (AvgIpc) is 3.07. The zero-order chi connectivity index (χ0) is 18.1. The number of halogens is 1. The molecule has 5 heteroatoms. The van der Waals surface area contributed by atoms with E-state index >= 15 is 0 Å². The second-order valence-corrected chi connectivity index (χ2v) is 7.39. The maximum Gasteiger partial charge on any atom is 0.255 e. The van der Waals surface area contributed by atoms with Gasteiger partial charge >= 0.3 is 0 Å². The molecule has 0 saturated carbocycles. The van der Waals surface area contributed by atoms with Gasteiger partial charge in [-0.2, -0.15) is 0 Å². The number of aryl methyl sites for hydroxylation is 1. The molecule has 0 unspecified atom stereocenters. The number of aromatic amines is 1. The van der Waals surface area contributed by atoms with E-state index in [4.69, 9.17) is 0 Å². The number of amides is 1. The van der Waals surface area contributed by atoms with E-state index in [0.29, 0.717) is 5.56 Å². The smallest absolute Gasteiger partial charge is 0.255 e. The van der Waals surface area contributed by atoms with Crippen LogP contribution < -0.4 is 5.32 Å². The van der Waals surface area contributed by atoms with Gasteiger partial charge in [0.05, 0.1) is 11.0 Å². The van der Waals surface area contributed by atoms with Crippen LogP contribution in [0.25, 0.3) is 22.4 Å². The van der Waals surface area contributed by atoms with E-state index in [-0.39, 0.29) is 5.91 Å². The predicted octanol–water partition coefficient (Wildman–Crippen LogP) is 5.40. The van der Waals surface area contributed by atoms with Crippen molar-refractivity contribution < 1.29 is 4.79 Å². The largest absolute Gasteiger partial charge is 0.338 e. The first-order valence-corrected chi connectivity index (χ1v) is 9.30. The highest BCUT2D eigenvalue weighted by atomic mass is 127. The number of hydrogen-bond acceptors (Lipinski definition) is 2. The van der Waals surface area contributed by atoms with Gasteiger partial charge in [0.2, 0.25) is 0 Å². The van der Waals surface area contributed by atoms with Crippen molar-refractivity contribution in [3.8, 4) is 11.4 Å². The molecule has 0 bridgehead atoms. The van der Waals surface area contributed by atoms with Crippen LogP contribution in [0.1, 0.15) is 15.9 Å².